The lowest BCUT2D eigenvalue weighted by Gasteiger charge is -2.44. The zero-order valence-electron chi connectivity index (χ0n) is 21.6. The van der Waals surface area contributed by atoms with Gasteiger partial charge >= 0.3 is 6.09 Å². The number of hydrogen-bond donors (Lipinski definition) is 3. The van der Waals surface area contributed by atoms with Crippen LogP contribution in [0.2, 0.25) is 0 Å². The molecule has 2 rings (SSSR count). The van der Waals surface area contributed by atoms with Crippen LogP contribution in [0.4, 0.5) is 4.79 Å². The van der Waals surface area contributed by atoms with Gasteiger partial charge in [0.2, 0.25) is 11.8 Å². The number of nitrogens with one attached hydrogen (secondary N) is 2. The summed E-state index contributed by atoms with van der Waals surface area (Å²) < 4.78 is 5.41. The SMILES string of the molecule is CC(C)CC(NC(=O)OC(C)(C)C)C(=O)N(C1CCC1)C(C(=O)NC(C)C)c1cccc(O)c1. The standard InChI is InChI=1S/C26H41N3O5/c1-16(2)14-21(28-25(33)34-26(5,6)7)24(32)29(19-11-9-12-19)22(23(31)27-17(3)4)18-10-8-13-20(30)15-18/h8,10,13,15-17,19,21-22,30H,9,11-12,14H2,1-7H3,(H,27,31)(H,28,33). The molecule has 190 valence electrons. The van der Waals surface area contributed by atoms with Crippen LogP contribution in [0, 0.1) is 5.92 Å². The number of nitrogens with zero attached hydrogens (tertiary/aromatic N) is 1. The average molecular weight is 476 g/mol. The number of hydrogen-bond acceptors (Lipinski definition) is 5. The minimum Gasteiger partial charge on any atom is -0.508 e. The lowest BCUT2D eigenvalue weighted by atomic mass is 9.87. The quantitative estimate of drug-likeness (QED) is 0.494. The fourth-order valence-electron chi connectivity index (χ4n) is 4.00. The van der Waals surface area contributed by atoms with Crippen molar-refractivity contribution in [1.29, 1.82) is 0 Å². The summed E-state index contributed by atoms with van der Waals surface area (Å²) in [7, 11) is 0. The number of rotatable bonds is 9. The predicted octanol–water partition coefficient (Wildman–Crippen LogP) is 4.28. The van der Waals surface area contributed by atoms with Crippen LogP contribution in [0.15, 0.2) is 24.3 Å². The van der Waals surface area contributed by atoms with E-state index in [0.717, 1.165) is 19.3 Å². The molecule has 0 radical (unpaired) electrons. The van der Waals surface area contributed by atoms with Gasteiger partial charge in [-0.3, -0.25) is 9.59 Å². The molecule has 1 aromatic rings. The molecule has 0 bridgehead atoms. The maximum atomic E-state index is 14.0. The molecule has 2 atom stereocenters. The maximum absolute atomic E-state index is 14.0. The summed E-state index contributed by atoms with van der Waals surface area (Å²) in [4.78, 5) is 41.6. The molecule has 1 aliphatic rings. The Bertz CT molecular complexity index is 858. The topological polar surface area (TPSA) is 108 Å². The number of alkyl carbamates (subject to hydrolysis) is 1. The van der Waals surface area contributed by atoms with Crippen molar-refractivity contribution in [1.82, 2.24) is 15.5 Å². The highest BCUT2D eigenvalue weighted by molar-refractivity contribution is 5.92. The molecule has 0 saturated heterocycles. The normalized spacial score (nSPS) is 15.9. The highest BCUT2D eigenvalue weighted by Crippen LogP contribution is 2.35. The van der Waals surface area contributed by atoms with E-state index in [0.29, 0.717) is 12.0 Å². The van der Waals surface area contributed by atoms with Gasteiger partial charge in [0.25, 0.3) is 0 Å². The van der Waals surface area contributed by atoms with Gasteiger partial charge in [-0.15, -0.1) is 0 Å². The fourth-order valence-corrected chi connectivity index (χ4v) is 4.00. The number of carbonyl (C=O) groups excluding carboxylic acids is 3. The number of phenolic OH excluding ortho intramolecular Hbond substituents is 1. The Kier molecular flexibility index (Phi) is 9.36. The van der Waals surface area contributed by atoms with E-state index >= 15 is 0 Å². The second-order valence-electron chi connectivity index (χ2n) is 10.8. The zero-order chi connectivity index (χ0) is 25.6. The third-order valence-electron chi connectivity index (χ3n) is 5.56. The van der Waals surface area contributed by atoms with Crippen LogP contribution in [0.3, 0.4) is 0 Å². The molecule has 3 N–H and O–H groups in total. The lowest BCUT2D eigenvalue weighted by molar-refractivity contribution is -0.148. The van der Waals surface area contributed by atoms with Gasteiger partial charge in [-0.2, -0.15) is 0 Å². The molecule has 34 heavy (non-hydrogen) atoms. The van der Waals surface area contributed by atoms with Crippen molar-refractivity contribution >= 4 is 17.9 Å². The smallest absolute Gasteiger partial charge is 0.408 e. The van der Waals surface area contributed by atoms with Crippen LogP contribution in [-0.4, -0.2) is 51.6 Å². The zero-order valence-corrected chi connectivity index (χ0v) is 21.6. The third kappa shape index (κ3) is 7.92. The summed E-state index contributed by atoms with van der Waals surface area (Å²) in [6.07, 6.45) is 2.25. The van der Waals surface area contributed by atoms with Gasteiger partial charge in [0.1, 0.15) is 23.4 Å². The molecule has 3 amide bonds. The number of benzene rings is 1. The summed E-state index contributed by atoms with van der Waals surface area (Å²) in [6, 6.07) is 4.41. The first-order chi connectivity index (χ1) is 15.8. The van der Waals surface area contributed by atoms with E-state index in [1.165, 1.54) is 12.1 Å². The van der Waals surface area contributed by atoms with Gasteiger partial charge in [0, 0.05) is 12.1 Å². The molecule has 0 aliphatic heterocycles. The average Bonchev–Trinajstić information content (AvgIpc) is 2.62. The van der Waals surface area contributed by atoms with Crippen molar-refractivity contribution in [3.05, 3.63) is 29.8 Å². The summed E-state index contributed by atoms with van der Waals surface area (Å²) >= 11 is 0. The Labute approximate surface area is 203 Å². The van der Waals surface area contributed by atoms with Gasteiger partial charge in [-0.1, -0.05) is 26.0 Å². The molecule has 8 nitrogen and oxygen atoms in total. The monoisotopic (exact) mass is 475 g/mol. The molecule has 0 heterocycles. The van der Waals surface area contributed by atoms with Gasteiger partial charge in [0.15, 0.2) is 0 Å². The van der Waals surface area contributed by atoms with E-state index in [9.17, 15) is 19.5 Å². The fraction of sp³-hybridized carbons (Fsp3) is 0.654. The molecular formula is C26H41N3O5. The van der Waals surface area contributed by atoms with E-state index in [1.807, 2.05) is 27.7 Å². The molecular weight excluding hydrogens is 434 g/mol. The van der Waals surface area contributed by atoms with Crippen molar-refractivity contribution in [2.75, 3.05) is 0 Å². The number of ether oxygens (including phenoxy) is 1. The van der Waals surface area contributed by atoms with E-state index in [1.54, 1.807) is 37.8 Å². The largest absolute Gasteiger partial charge is 0.508 e. The number of phenols is 1. The molecule has 1 saturated carbocycles. The number of amides is 3. The van der Waals surface area contributed by atoms with Crippen molar-refractivity contribution in [3.63, 3.8) is 0 Å². The summed E-state index contributed by atoms with van der Waals surface area (Å²) in [6.45, 7) is 13.0. The second-order valence-corrected chi connectivity index (χ2v) is 10.8. The van der Waals surface area contributed by atoms with Crippen LogP contribution in [0.25, 0.3) is 0 Å². The first-order valence-corrected chi connectivity index (χ1v) is 12.2. The first kappa shape index (κ1) is 27.5. The molecule has 1 aliphatic carbocycles. The Hall–Kier alpha value is -2.77. The third-order valence-corrected chi connectivity index (χ3v) is 5.56. The second kappa shape index (κ2) is 11.6. The van der Waals surface area contributed by atoms with E-state index in [-0.39, 0.29) is 35.6 Å². The van der Waals surface area contributed by atoms with Crippen LogP contribution >= 0.6 is 0 Å². The maximum Gasteiger partial charge on any atom is 0.408 e. The molecule has 1 aromatic carbocycles. The first-order valence-electron chi connectivity index (χ1n) is 12.2. The number of carbonyl (C=O) groups is 3. The predicted molar refractivity (Wildman–Crippen MR) is 131 cm³/mol. The van der Waals surface area contributed by atoms with Gasteiger partial charge in [0.05, 0.1) is 0 Å². The van der Waals surface area contributed by atoms with Gasteiger partial charge in [-0.05, 0) is 83.9 Å². The van der Waals surface area contributed by atoms with Crippen molar-refractivity contribution in [2.45, 2.75) is 104 Å². The summed E-state index contributed by atoms with van der Waals surface area (Å²) in [5.74, 6) is -0.500. The van der Waals surface area contributed by atoms with Crippen molar-refractivity contribution < 1.29 is 24.2 Å². The highest BCUT2D eigenvalue weighted by Gasteiger charge is 2.42. The van der Waals surface area contributed by atoms with Crippen LogP contribution in [0.5, 0.6) is 5.75 Å². The molecule has 0 aromatic heterocycles. The van der Waals surface area contributed by atoms with Crippen molar-refractivity contribution in [3.8, 4) is 5.75 Å². The minimum absolute atomic E-state index is 0.0199. The summed E-state index contributed by atoms with van der Waals surface area (Å²) in [5, 5.41) is 15.8. The molecule has 0 spiro atoms. The van der Waals surface area contributed by atoms with Crippen LogP contribution in [0.1, 0.15) is 85.8 Å². The van der Waals surface area contributed by atoms with E-state index in [4.69, 9.17) is 4.74 Å². The van der Waals surface area contributed by atoms with Gasteiger partial charge < -0.3 is 25.4 Å². The molecule has 1 fully saturated rings. The Morgan fingerprint density at radius 2 is 1.76 bits per heavy atom. The Balaban J connectivity index is 2.47. The highest BCUT2D eigenvalue weighted by atomic mass is 16.6. The Morgan fingerprint density at radius 1 is 1.12 bits per heavy atom. The van der Waals surface area contributed by atoms with Crippen molar-refractivity contribution in [2.24, 2.45) is 5.92 Å². The summed E-state index contributed by atoms with van der Waals surface area (Å²) in [5.41, 5.74) is -0.177. The Morgan fingerprint density at radius 3 is 2.24 bits per heavy atom. The van der Waals surface area contributed by atoms with Crippen LogP contribution < -0.4 is 10.6 Å². The molecule has 8 heteroatoms. The van der Waals surface area contributed by atoms with E-state index in [2.05, 4.69) is 10.6 Å². The van der Waals surface area contributed by atoms with Crippen LogP contribution in [-0.2, 0) is 14.3 Å². The van der Waals surface area contributed by atoms with Gasteiger partial charge in [-0.25, -0.2) is 4.79 Å². The number of aromatic hydroxyl groups is 1. The molecule has 2 unspecified atom stereocenters. The lowest BCUT2D eigenvalue weighted by Crippen LogP contribution is -2.58. The minimum atomic E-state index is -0.928. The van der Waals surface area contributed by atoms with E-state index < -0.39 is 23.8 Å².